The molecule has 2 aromatic carbocycles. The molecule has 3 rings (SSSR count). The molecule has 10 heteroatoms. The maximum absolute atomic E-state index is 13.2. The van der Waals surface area contributed by atoms with Crippen molar-refractivity contribution in [2.45, 2.75) is 4.90 Å². The number of halogens is 1. The van der Waals surface area contributed by atoms with Crippen LogP contribution in [0.4, 0.5) is 20.0 Å². The lowest BCUT2D eigenvalue weighted by Crippen LogP contribution is -2.31. The van der Waals surface area contributed by atoms with E-state index in [1.165, 1.54) is 48.5 Å². The molecule has 0 spiro atoms. The van der Waals surface area contributed by atoms with E-state index in [1.54, 1.807) is 18.2 Å². The van der Waals surface area contributed by atoms with Gasteiger partial charge in [-0.05, 0) is 30.3 Å². The fourth-order valence-corrected chi connectivity index (χ4v) is 3.56. The molecule has 28 heavy (non-hydrogen) atoms. The van der Waals surface area contributed by atoms with Gasteiger partial charge in [-0.3, -0.25) is 10.2 Å². The Morgan fingerprint density at radius 3 is 2.68 bits per heavy atom. The molecule has 0 radical (unpaired) electrons. The average molecular weight is 421 g/mol. The first-order chi connectivity index (χ1) is 13.2. The molecular weight excluding hydrogens is 405 g/mol. The van der Waals surface area contributed by atoms with Crippen LogP contribution in [0.15, 0.2) is 59.6 Å². The van der Waals surface area contributed by atoms with Crippen LogP contribution in [0, 0.1) is 5.82 Å². The molecule has 3 aromatic rings. The fraction of sp³-hybridized carbons (Fsp3) is 0.111. The Balaban J connectivity index is 1.69. The molecule has 0 saturated heterocycles. The maximum Gasteiger partial charge on any atom is 0.327 e. The predicted octanol–water partition coefficient (Wildman–Crippen LogP) is 4.15. The molecule has 2 amide bonds. The SMILES string of the molecule is CN(C(=O)Nc1ncc(Oc2cccc(F)c2)s1)c1cccc(S(C)(=O)=O)c1. The number of aromatic nitrogens is 1. The third-order valence-electron chi connectivity index (χ3n) is 3.65. The number of ether oxygens (including phenoxy) is 1. The molecule has 0 aliphatic carbocycles. The van der Waals surface area contributed by atoms with Crippen LogP contribution >= 0.6 is 11.3 Å². The van der Waals surface area contributed by atoms with Gasteiger partial charge in [0.15, 0.2) is 15.0 Å². The van der Waals surface area contributed by atoms with Crippen LogP contribution in [0.3, 0.4) is 0 Å². The summed E-state index contributed by atoms with van der Waals surface area (Å²) in [6, 6.07) is 11.2. The number of hydrogen-bond donors (Lipinski definition) is 1. The number of rotatable bonds is 5. The van der Waals surface area contributed by atoms with E-state index in [2.05, 4.69) is 10.3 Å². The summed E-state index contributed by atoms with van der Waals surface area (Å²) in [5, 5.41) is 3.26. The van der Waals surface area contributed by atoms with Crippen LogP contribution in [0.5, 0.6) is 10.8 Å². The summed E-state index contributed by atoms with van der Waals surface area (Å²) in [6.07, 6.45) is 2.51. The highest BCUT2D eigenvalue weighted by Crippen LogP contribution is 2.31. The zero-order chi connectivity index (χ0) is 20.3. The minimum absolute atomic E-state index is 0.115. The number of carbonyl (C=O) groups excluding carboxylic acids is 1. The van der Waals surface area contributed by atoms with Crippen molar-refractivity contribution in [2.75, 3.05) is 23.5 Å². The number of nitrogens with one attached hydrogen (secondary N) is 1. The van der Waals surface area contributed by atoms with E-state index in [9.17, 15) is 17.6 Å². The van der Waals surface area contributed by atoms with Crippen LogP contribution in [0.25, 0.3) is 0 Å². The van der Waals surface area contributed by atoms with Crippen LogP contribution in [-0.2, 0) is 9.84 Å². The number of amides is 2. The first kappa shape index (κ1) is 19.8. The third kappa shape index (κ3) is 4.84. The Morgan fingerprint density at radius 2 is 1.96 bits per heavy atom. The smallest absolute Gasteiger partial charge is 0.327 e. The second-order valence-corrected chi connectivity index (χ2v) is 8.81. The maximum atomic E-state index is 13.2. The van der Waals surface area contributed by atoms with Gasteiger partial charge in [0, 0.05) is 25.1 Å². The van der Waals surface area contributed by atoms with Crippen molar-refractivity contribution in [3.05, 3.63) is 60.5 Å². The van der Waals surface area contributed by atoms with Gasteiger partial charge in [-0.25, -0.2) is 22.6 Å². The molecule has 0 fully saturated rings. The lowest BCUT2D eigenvalue weighted by atomic mass is 10.3. The molecule has 1 aromatic heterocycles. The number of benzene rings is 2. The number of urea groups is 1. The summed E-state index contributed by atoms with van der Waals surface area (Å²) in [6.45, 7) is 0. The van der Waals surface area contributed by atoms with Crippen molar-refractivity contribution in [3.8, 4) is 10.8 Å². The minimum Gasteiger partial charge on any atom is -0.445 e. The number of hydrogen-bond acceptors (Lipinski definition) is 6. The number of nitrogens with zero attached hydrogens (tertiary/aromatic N) is 2. The minimum atomic E-state index is -3.38. The van der Waals surface area contributed by atoms with Gasteiger partial charge in [-0.2, -0.15) is 0 Å². The zero-order valence-electron chi connectivity index (χ0n) is 14.9. The second kappa shape index (κ2) is 7.95. The number of anilines is 2. The molecule has 0 bridgehead atoms. The van der Waals surface area contributed by atoms with Crippen molar-refractivity contribution < 1.29 is 22.3 Å². The van der Waals surface area contributed by atoms with Crippen molar-refractivity contribution in [1.29, 1.82) is 0 Å². The Labute approximate surface area is 165 Å². The van der Waals surface area contributed by atoms with Gasteiger partial charge in [-0.1, -0.05) is 23.5 Å². The Bertz CT molecular complexity index is 1120. The van der Waals surface area contributed by atoms with E-state index in [1.807, 2.05) is 0 Å². The fourth-order valence-electron chi connectivity index (χ4n) is 2.23. The Hall–Kier alpha value is -2.98. The van der Waals surface area contributed by atoms with Gasteiger partial charge in [0.25, 0.3) is 0 Å². The van der Waals surface area contributed by atoms with Crippen molar-refractivity contribution in [3.63, 3.8) is 0 Å². The van der Waals surface area contributed by atoms with Gasteiger partial charge >= 0.3 is 6.03 Å². The highest BCUT2D eigenvalue weighted by atomic mass is 32.2. The van der Waals surface area contributed by atoms with E-state index in [-0.39, 0.29) is 10.0 Å². The molecule has 0 aliphatic heterocycles. The van der Waals surface area contributed by atoms with E-state index < -0.39 is 21.7 Å². The van der Waals surface area contributed by atoms with Gasteiger partial charge in [0.1, 0.15) is 11.6 Å². The van der Waals surface area contributed by atoms with Gasteiger partial charge < -0.3 is 4.74 Å². The Morgan fingerprint density at radius 1 is 1.21 bits per heavy atom. The van der Waals surface area contributed by atoms with Crippen LogP contribution in [0.1, 0.15) is 0 Å². The van der Waals surface area contributed by atoms with Crippen molar-refractivity contribution in [2.24, 2.45) is 0 Å². The van der Waals surface area contributed by atoms with Crippen LogP contribution < -0.4 is 15.0 Å². The summed E-state index contributed by atoms with van der Waals surface area (Å²) in [7, 11) is -1.88. The van der Waals surface area contributed by atoms with Gasteiger partial charge in [-0.15, -0.1) is 0 Å². The number of carbonyl (C=O) groups is 1. The number of sulfone groups is 1. The lowest BCUT2D eigenvalue weighted by Gasteiger charge is -2.17. The standard InChI is InChI=1S/C18H16FN3O4S2/c1-22(13-6-4-8-15(10-13)28(2,24)25)18(23)21-17-20-11-16(27-17)26-14-7-3-5-12(19)9-14/h3-11H,1-2H3,(H,20,21,23). The quantitative estimate of drug-likeness (QED) is 0.669. The van der Waals surface area contributed by atoms with Crippen molar-refractivity contribution >= 4 is 38.0 Å². The van der Waals surface area contributed by atoms with Crippen LogP contribution in [0.2, 0.25) is 0 Å². The van der Waals surface area contributed by atoms with E-state index in [4.69, 9.17) is 4.74 Å². The molecule has 0 atom stereocenters. The molecule has 0 saturated carbocycles. The van der Waals surface area contributed by atoms with E-state index >= 15 is 0 Å². The predicted molar refractivity (Wildman–Crippen MR) is 106 cm³/mol. The molecule has 1 N–H and O–H groups in total. The largest absolute Gasteiger partial charge is 0.445 e. The second-order valence-electron chi connectivity index (χ2n) is 5.80. The molecule has 0 unspecified atom stereocenters. The first-order valence-electron chi connectivity index (χ1n) is 7.96. The van der Waals surface area contributed by atoms with E-state index in [0.29, 0.717) is 16.5 Å². The topological polar surface area (TPSA) is 88.6 Å². The lowest BCUT2D eigenvalue weighted by molar-refractivity contribution is 0.258. The highest BCUT2D eigenvalue weighted by Gasteiger charge is 2.16. The summed E-state index contributed by atoms with van der Waals surface area (Å²) in [5.41, 5.74) is 0.410. The van der Waals surface area contributed by atoms with Gasteiger partial charge in [0.05, 0.1) is 11.1 Å². The molecule has 0 aliphatic rings. The van der Waals surface area contributed by atoms with E-state index in [0.717, 1.165) is 17.6 Å². The molecule has 7 nitrogen and oxygen atoms in total. The highest BCUT2D eigenvalue weighted by molar-refractivity contribution is 7.90. The summed E-state index contributed by atoms with van der Waals surface area (Å²) < 4.78 is 42.1. The summed E-state index contributed by atoms with van der Waals surface area (Å²) in [4.78, 5) is 17.9. The van der Waals surface area contributed by atoms with Crippen molar-refractivity contribution in [1.82, 2.24) is 4.98 Å². The zero-order valence-corrected chi connectivity index (χ0v) is 16.6. The molecular formula is C18H16FN3O4S2. The van der Waals surface area contributed by atoms with Crippen LogP contribution in [-0.4, -0.2) is 32.7 Å². The molecule has 1 heterocycles. The van der Waals surface area contributed by atoms with Gasteiger partial charge in [0.2, 0.25) is 5.06 Å². The monoisotopic (exact) mass is 421 g/mol. The summed E-state index contributed by atoms with van der Waals surface area (Å²) >= 11 is 1.07. The normalized spacial score (nSPS) is 11.1. The Kier molecular flexibility index (Phi) is 5.61. The first-order valence-corrected chi connectivity index (χ1v) is 10.7. The molecule has 146 valence electrons. The summed E-state index contributed by atoms with van der Waals surface area (Å²) in [5.74, 6) is -0.107. The number of thiazole rings is 1. The third-order valence-corrected chi connectivity index (χ3v) is 5.55. The average Bonchev–Trinajstić information content (AvgIpc) is 3.07.